The molecule has 0 heterocycles. The summed E-state index contributed by atoms with van der Waals surface area (Å²) in [5.74, 6) is -0.442. The zero-order chi connectivity index (χ0) is 16.0. The Labute approximate surface area is 122 Å². The van der Waals surface area contributed by atoms with Gasteiger partial charge in [-0.3, -0.25) is 0 Å². The van der Waals surface area contributed by atoms with Crippen LogP contribution in [0.25, 0.3) is 0 Å². The normalized spacial score (nSPS) is 12.9. The highest BCUT2D eigenvalue weighted by Gasteiger charge is 2.26. The molecule has 1 N–H and O–H groups in total. The Balaban J connectivity index is 2.63. The highest BCUT2D eigenvalue weighted by atomic mass is 19.4. The van der Waals surface area contributed by atoms with Crippen LogP contribution in [0.5, 0.6) is 0 Å². The van der Waals surface area contributed by atoms with Crippen LogP contribution in [-0.4, -0.2) is 25.3 Å². The summed E-state index contributed by atoms with van der Waals surface area (Å²) in [6.07, 6.45) is -4.41. The monoisotopic (exact) mass is 303 g/mol. The number of benzene rings is 1. The van der Waals surface area contributed by atoms with E-state index in [1.807, 2.05) is 13.8 Å². The number of methoxy groups -OCH3 is 1. The maximum atomic E-state index is 12.1. The molecule has 118 valence electrons. The molecule has 1 rings (SSSR count). The van der Waals surface area contributed by atoms with Crippen molar-refractivity contribution in [3.63, 3.8) is 0 Å². The number of carbonyl (C=O) groups excluding carboxylic acids is 1. The van der Waals surface area contributed by atoms with E-state index in [1.165, 1.54) is 7.11 Å². The average molecular weight is 303 g/mol. The molecule has 0 aliphatic heterocycles. The van der Waals surface area contributed by atoms with E-state index in [9.17, 15) is 18.0 Å². The molecule has 6 heteroatoms. The fraction of sp³-hybridized carbons (Fsp3) is 0.533. The van der Waals surface area contributed by atoms with Gasteiger partial charge in [0.15, 0.2) is 0 Å². The van der Waals surface area contributed by atoms with Gasteiger partial charge in [-0.25, -0.2) is 4.79 Å². The van der Waals surface area contributed by atoms with E-state index >= 15 is 0 Å². The Kier molecular flexibility index (Phi) is 6.05. The first-order valence-electron chi connectivity index (χ1n) is 6.75. The minimum Gasteiger partial charge on any atom is -0.465 e. The molecule has 0 amide bonds. The van der Waals surface area contributed by atoms with Gasteiger partial charge < -0.3 is 10.1 Å². The topological polar surface area (TPSA) is 38.3 Å². The largest absolute Gasteiger partial charge is 0.465 e. The number of esters is 1. The summed E-state index contributed by atoms with van der Waals surface area (Å²) in [4.78, 5) is 11.5. The van der Waals surface area contributed by atoms with Crippen molar-refractivity contribution < 1.29 is 22.7 Å². The summed E-state index contributed by atoms with van der Waals surface area (Å²) < 4.78 is 41.0. The Morgan fingerprint density at radius 3 is 2.62 bits per heavy atom. The number of hydrogen-bond donors (Lipinski definition) is 1. The van der Waals surface area contributed by atoms with Crippen LogP contribution >= 0.6 is 0 Å². The molecule has 0 radical (unpaired) electrons. The summed E-state index contributed by atoms with van der Waals surface area (Å²) >= 11 is 0. The van der Waals surface area contributed by atoms with Gasteiger partial charge in [-0.2, -0.15) is 13.2 Å². The van der Waals surface area contributed by atoms with Crippen LogP contribution in [0.2, 0.25) is 0 Å². The average Bonchev–Trinajstić information content (AvgIpc) is 2.39. The Morgan fingerprint density at radius 2 is 2.05 bits per heavy atom. The lowest BCUT2D eigenvalue weighted by atomic mass is 10.1. The molecule has 0 spiro atoms. The lowest BCUT2D eigenvalue weighted by molar-refractivity contribution is -0.135. The number of halogens is 3. The van der Waals surface area contributed by atoms with Crippen molar-refractivity contribution in [1.82, 2.24) is 0 Å². The van der Waals surface area contributed by atoms with E-state index in [4.69, 9.17) is 0 Å². The number of hydrogen-bond acceptors (Lipinski definition) is 3. The molecular weight excluding hydrogens is 283 g/mol. The van der Waals surface area contributed by atoms with Gasteiger partial charge in [-0.15, -0.1) is 0 Å². The van der Waals surface area contributed by atoms with Gasteiger partial charge in [0.2, 0.25) is 0 Å². The molecule has 3 nitrogen and oxygen atoms in total. The summed E-state index contributed by atoms with van der Waals surface area (Å²) in [7, 11) is 1.30. The molecular formula is C15H20F3NO2. The van der Waals surface area contributed by atoms with Crippen LogP contribution in [0, 0.1) is 6.92 Å². The molecule has 0 aliphatic carbocycles. The number of anilines is 1. The number of rotatable bonds is 6. The molecule has 1 aromatic rings. The fourth-order valence-electron chi connectivity index (χ4n) is 1.97. The van der Waals surface area contributed by atoms with Gasteiger partial charge in [0.25, 0.3) is 0 Å². The van der Waals surface area contributed by atoms with Crippen molar-refractivity contribution in [2.45, 2.75) is 45.3 Å². The predicted octanol–water partition coefficient (Wildman–Crippen LogP) is 4.31. The van der Waals surface area contributed by atoms with E-state index in [-0.39, 0.29) is 12.5 Å². The quantitative estimate of drug-likeness (QED) is 0.796. The van der Waals surface area contributed by atoms with Crippen molar-refractivity contribution in [3.8, 4) is 0 Å². The zero-order valence-electron chi connectivity index (χ0n) is 12.4. The third-order valence-electron chi connectivity index (χ3n) is 3.16. The van der Waals surface area contributed by atoms with Crippen molar-refractivity contribution in [2.24, 2.45) is 0 Å². The van der Waals surface area contributed by atoms with Crippen LogP contribution in [0.4, 0.5) is 18.9 Å². The smallest absolute Gasteiger partial charge is 0.389 e. The number of carbonyl (C=O) groups is 1. The number of alkyl halides is 3. The molecule has 0 aliphatic rings. The maximum Gasteiger partial charge on any atom is 0.389 e. The minimum absolute atomic E-state index is 0.0768. The van der Waals surface area contributed by atoms with Crippen molar-refractivity contribution in [1.29, 1.82) is 0 Å². The van der Waals surface area contributed by atoms with Crippen LogP contribution in [0.1, 0.15) is 42.1 Å². The molecule has 0 saturated carbocycles. The minimum atomic E-state index is -4.11. The van der Waals surface area contributed by atoms with Crippen LogP contribution in [0.15, 0.2) is 18.2 Å². The first-order valence-corrected chi connectivity index (χ1v) is 6.75. The van der Waals surface area contributed by atoms with Crippen LogP contribution in [-0.2, 0) is 4.74 Å². The second-order valence-corrected chi connectivity index (χ2v) is 5.07. The predicted molar refractivity (Wildman–Crippen MR) is 75.5 cm³/mol. The van der Waals surface area contributed by atoms with Crippen molar-refractivity contribution in [2.75, 3.05) is 12.4 Å². The lowest BCUT2D eigenvalue weighted by Gasteiger charge is -2.18. The van der Waals surface area contributed by atoms with Crippen molar-refractivity contribution >= 4 is 11.7 Å². The Bertz CT molecular complexity index is 486. The first-order chi connectivity index (χ1) is 9.73. The standard InChI is InChI=1S/C15H20F3NO2/c1-10-6-7-12(14(20)21-3)9-13(10)19-11(2)5-4-8-15(16,17)18/h6-7,9,11,19H,4-5,8H2,1-3H3. The maximum absolute atomic E-state index is 12.1. The Morgan fingerprint density at radius 1 is 1.38 bits per heavy atom. The van der Waals surface area contributed by atoms with Gasteiger partial charge in [-0.1, -0.05) is 6.07 Å². The highest BCUT2D eigenvalue weighted by Crippen LogP contribution is 2.24. The summed E-state index contributed by atoms with van der Waals surface area (Å²) in [6.45, 7) is 3.69. The Hall–Kier alpha value is -1.72. The number of aryl methyl sites for hydroxylation is 1. The molecule has 0 fully saturated rings. The van der Waals surface area contributed by atoms with Gasteiger partial charge in [0.1, 0.15) is 0 Å². The summed E-state index contributed by atoms with van der Waals surface area (Å²) in [5, 5.41) is 3.14. The number of nitrogens with one attached hydrogen (secondary N) is 1. The molecule has 0 aromatic heterocycles. The van der Waals surface area contributed by atoms with Crippen LogP contribution < -0.4 is 5.32 Å². The molecule has 0 saturated heterocycles. The first kappa shape index (κ1) is 17.3. The van der Waals surface area contributed by atoms with Gasteiger partial charge in [-0.05, 0) is 44.4 Å². The van der Waals surface area contributed by atoms with E-state index in [2.05, 4.69) is 10.1 Å². The van der Waals surface area contributed by atoms with E-state index in [0.29, 0.717) is 12.0 Å². The molecule has 0 bridgehead atoms. The molecule has 1 atom stereocenters. The fourth-order valence-corrected chi connectivity index (χ4v) is 1.97. The second-order valence-electron chi connectivity index (χ2n) is 5.07. The van der Waals surface area contributed by atoms with Gasteiger partial charge >= 0.3 is 12.1 Å². The second kappa shape index (κ2) is 7.33. The van der Waals surface area contributed by atoms with E-state index in [1.54, 1.807) is 18.2 Å². The van der Waals surface area contributed by atoms with E-state index in [0.717, 1.165) is 11.3 Å². The molecule has 1 unspecified atom stereocenters. The zero-order valence-corrected chi connectivity index (χ0v) is 12.4. The van der Waals surface area contributed by atoms with Crippen LogP contribution in [0.3, 0.4) is 0 Å². The summed E-state index contributed by atoms with van der Waals surface area (Å²) in [5.41, 5.74) is 2.07. The van der Waals surface area contributed by atoms with Gasteiger partial charge in [0, 0.05) is 18.2 Å². The summed E-state index contributed by atoms with van der Waals surface area (Å²) in [6, 6.07) is 4.97. The van der Waals surface area contributed by atoms with E-state index < -0.39 is 18.6 Å². The lowest BCUT2D eigenvalue weighted by Crippen LogP contribution is -2.17. The SMILES string of the molecule is COC(=O)c1ccc(C)c(NC(C)CCCC(F)(F)F)c1. The van der Waals surface area contributed by atoms with Gasteiger partial charge in [0.05, 0.1) is 12.7 Å². The highest BCUT2D eigenvalue weighted by molar-refractivity contribution is 5.90. The third kappa shape index (κ3) is 6.06. The van der Waals surface area contributed by atoms with Crippen molar-refractivity contribution in [3.05, 3.63) is 29.3 Å². The number of ether oxygens (including phenoxy) is 1. The molecule has 21 heavy (non-hydrogen) atoms. The third-order valence-corrected chi connectivity index (χ3v) is 3.16. The molecule has 1 aromatic carbocycles.